The molecule has 0 rings (SSSR count). The molecule has 0 bridgehead atoms. The maximum Gasteiger partial charge on any atom is -0.0316 e. The van der Waals surface area contributed by atoms with Crippen molar-refractivity contribution in [2.75, 3.05) is 0 Å². The Balaban J connectivity index is 2.99. The molecule has 0 N–H and O–H groups in total. The van der Waals surface area contributed by atoms with Crippen LogP contribution in [0.4, 0.5) is 0 Å². The predicted octanol–water partition coefficient (Wildman–Crippen LogP) is 11.4. The molecule has 0 aromatic rings. The Morgan fingerprint density at radius 3 is 0.800 bits per heavy atom. The van der Waals surface area contributed by atoms with Gasteiger partial charge in [-0.3, -0.25) is 0 Å². The second-order valence-corrected chi connectivity index (χ2v) is 9.60. The minimum absolute atomic E-state index is 1.12. The first kappa shape index (κ1) is 29.7. The summed E-state index contributed by atoms with van der Waals surface area (Å²) in [6.45, 7) is 7.65. The van der Waals surface area contributed by atoms with Crippen molar-refractivity contribution in [1.29, 1.82) is 0 Å². The van der Waals surface area contributed by atoms with Crippen molar-refractivity contribution in [3.8, 4) is 0 Å². The van der Waals surface area contributed by atoms with E-state index in [-0.39, 0.29) is 0 Å². The minimum Gasteiger partial charge on any atom is -0.0885 e. The van der Waals surface area contributed by atoms with Crippen LogP contribution in [0, 0.1) is 13.8 Å². The van der Waals surface area contributed by atoms with Crippen LogP contribution in [0.1, 0.15) is 167 Å². The molecule has 0 aliphatic heterocycles. The van der Waals surface area contributed by atoms with Gasteiger partial charge in [0.05, 0.1) is 0 Å². The average Bonchev–Trinajstić information content (AvgIpc) is 2.76. The third-order valence-corrected chi connectivity index (χ3v) is 6.54. The Morgan fingerprint density at radius 1 is 0.333 bits per heavy atom. The molecule has 0 aromatic carbocycles. The molecule has 0 saturated heterocycles. The Kier molecular flexibility index (Phi) is 28.5. The van der Waals surface area contributed by atoms with Crippen LogP contribution in [0.15, 0.2) is 12.2 Å². The van der Waals surface area contributed by atoms with Gasteiger partial charge in [-0.2, -0.15) is 0 Å². The highest BCUT2D eigenvalue weighted by atomic mass is 14.0. The van der Waals surface area contributed by atoms with Crippen molar-refractivity contribution in [2.45, 2.75) is 167 Å². The van der Waals surface area contributed by atoms with E-state index < -0.39 is 0 Å². The molecule has 0 aliphatic carbocycles. The lowest BCUT2D eigenvalue weighted by molar-refractivity contribution is 0.516. The second-order valence-electron chi connectivity index (χ2n) is 9.60. The Labute approximate surface area is 193 Å². The van der Waals surface area contributed by atoms with Crippen LogP contribution in [-0.2, 0) is 0 Å². The van der Waals surface area contributed by atoms with Gasteiger partial charge in [0.1, 0.15) is 0 Å². The van der Waals surface area contributed by atoms with Gasteiger partial charge in [-0.25, -0.2) is 0 Å². The smallest absolute Gasteiger partial charge is 0.0316 e. The van der Waals surface area contributed by atoms with Crippen molar-refractivity contribution in [3.05, 3.63) is 26.0 Å². The molecular formula is C30H58. The topological polar surface area (TPSA) is 0 Å². The largest absolute Gasteiger partial charge is 0.0885 e. The monoisotopic (exact) mass is 418 g/mol. The normalized spacial score (nSPS) is 11.7. The highest BCUT2D eigenvalue weighted by molar-refractivity contribution is 4.83. The van der Waals surface area contributed by atoms with E-state index in [2.05, 4.69) is 19.9 Å². The standard InChI is InChI=1S/C30H58/c1-3-5-7-9-11-13-15-17-19-21-23-25-27-29-30-28-26-24-22-20-18-16-14-12-10-8-6-4-2/h3,5H,1-2,4,6-30H2. The summed E-state index contributed by atoms with van der Waals surface area (Å²) in [4.78, 5) is 0. The third-order valence-electron chi connectivity index (χ3n) is 6.54. The molecule has 0 nitrogen and oxygen atoms in total. The van der Waals surface area contributed by atoms with Gasteiger partial charge in [-0.1, -0.05) is 173 Å². The molecule has 30 heavy (non-hydrogen) atoms. The van der Waals surface area contributed by atoms with Crippen LogP contribution in [0.5, 0.6) is 0 Å². The fraction of sp³-hybridized carbons (Fsp3) is 0.867. The molecule has 0 aliphatic rings. The van der Waals surface area contributed by atoms with Gasteiger partial charge in [0, 0.05) is 0 Å². The van der Waals surface area contributed by atoms with Crippen LogP contribution in [0.25, 0.3) is 0 Å². The van der Waals surface area contributed by atoms with Crippen LogP contribution in [-0.4, -0.2) is 0 Å². The van der Waals surface area contributed by atoms with Crippen molar-refractivity contribution < 1.29 is 0 Å². The lowest BCUT2D eigenvalue weighted by Crippen LogP contribution is -1.84. The van der Waals surface area contributed by atoms with E-state index in [1.54, 1.807) is 0 Å². The first-order valence-corrected chi connectivity index (χ1v) is 14.1. The predicted molar refractivity (Wildman–Crippen MR) is 140 cm³/mol. The van der Waals surface area contributed by atoms with Gasteiger partial charge in [0.2, 0.25) is 0 Å². The quantitative estimate of drug-likeness (QED) is 0.122. The van der Waals surface area contributed by atoms with Gasteiger partial charge < -0.3 is 0 Å². The Bertz CT molecular complexity index is 303. The molecule has 178 valence electrons. The van der Waals surface area contributed by atoms with Crippen LogP contribution in [0.2, 0.25) is 0 Å². The number of hydrogen-bond donors (Lipinski definition) is 0. The van der Waals surface area contributed by atoms with E-state index in [4.69, 9.17) is 0 Å². The summed E-state index contributed by atoms with van der Waals surface area (Å²) in [5, 5.41) is 0. The van der Waals surface area contributed by atoms with Crippen LogP contribution < -0.4 is 0 Å². The molecule has 0 heterocycles. The SMILES string of the molecule is [CH2]C=CCCCCCCCCCCCCCCCCCCCCCCCCCC[CH2]. The number of rotatable bonds is 26. The zero-order valence-corrected chi connectivity index (χ0v) is 21.0. The Morgan fingerprint density at radius 2 is 0.567 bits per heavy atom. The molecule has 0 spiro atoms. The highest BCUT2D eigenvalue weighted by Gasteiger charge is 1.96. The fourth-order valence-corrected chi connectivity index (χ4v) is 4.45. The average molecular weight is 419 g/mol. The lowest BCUT2D eigenvalue weighted by atomic mass is 10.0. The maximum absolute atomic E-state index is 3.92. The van der Waals surface area contributed by atoms with Gasteiger partial charge >= 0.3 is 0 Å². The maximum atomic E-state index is 3.92. The lowest BCUT2D eigenvalue weighted by Gasteiger charge is -2.04. The number of unbranched alkanes of at least 4 members (excludes halogenated alkanes) is 25. The van der Waals surface area contributed by atoms with Crippen molar-refractivity contribution in [3.63, 3.8) is 0 Å². The van der Waals surface area contributed by atoms with E-state index in [0.29, 0.717) is 0 Å². The molecule has 2 radical (unpaired) electrons. The number of allylic oxidation sites excluding steroid dienone is 2. The van der Waals surface area contributed by atoms with Crippen LogP contribution in [0.3, 0.4) is 0 Å². The van der Waals surface area contributed by atoms with Gasteiger partial charge in [0.25, 0.3) is 0 Å². The van der Waals surface area contributed by atoms with Crippen molar-refractivity contribution in [1.82, 2.24) is 0 Å². The van der Waals surface area contributed by atoms with Crippen molar-refractivity contribution >= 4 is 0 Å². The van der Waals surface area contributed by atoms with E-state index in [0.717, 1.165) is 6.42 Å². The summed E-state index contributed by atoms with van der Waals surface area (Å²) in [6, 6.07) is 0. The summed E-state index contributed by atoms with van der Waals surface area (Å²) < 4.78 is 0. The Hall–Kier alpha value is -0.260. The van der Waals surface area contributed by atoms with Crippen LogP contribution >= 0.6 is 0 Å². The molecule has 0 fully saturated rings. The first-order valence-electron chi connectivity index (χ1n) is 14.1. The van der Waals surface area contributed by atoms with E-state index in [1.807, 2.05) is 6.08 Å². The third kappa shape index (κ3) is 27.7. The molecule has 0 amide bonds. The molecule has 0 atom stereocenters. The highest BCUT2D eigenvalue weighted by Crippen LogP contribution is 2.15. The molecular weight excluding hydrogens is 360 g/mol. The minimum atomic E-state index is 1.12. The summed E-state index contributed by atoms with van der Waals surface area (Å²) in [7, 11) is 0. The molecule has 0 saturated carbocycles. The fourth-order valence-electron chi connectivity index (χ4n) is 4.45. The zero-order chi connectivity index (χ0) is 21.8. The summed E-state index contributed by atoms with van der Waals surface area (Å²) >= 11 is 0. The molecule has 0 aromatic heterocycles. The van der Waals surface area contributed by atoms with Gasteiger partial charge in [-0.05, 0) is 19.8 Å². The van der Waals surface area contributed by atoms with E-state index >= 15 is 0 Å². The van der Waals surface area contributed by atoms with Gasteiger partial charge in [-0.15, -0.1) is 0 Å². The number of hydrogen-bond acceptors (Lipinski definition) is 0. The second kappa shape index (κ2) is 28.7. The zero-order valence-electron chi connectivity index (χ0n) is 21.0. The molecule has 0 heteroatoms. The van der Waals surface area contributed by atoms with Crippen molar-refractivity contribution in [2.24, 2.45) is 0 Å². The summed E-state index contributed by atoms with van der Waals surface area (Å²) in [5.41, 5.74) is 0. The van der Waals surface area contributed by atoms with Gasteiger partial charge in [0.15, 0.2) is 0 Å². The first-order chi connectivity index (χ1) is 14.9. The van der Waals surface area contributed by atoms with E-state index in [1.165, 1.54) is 161 Å². The summed E-state index contributed by atoms with van der Waals surface area (Å²) in [6.07, 6.45) is 41.3. The molecule has 0 unspecified atom stereocenters. The van der Waals surface area contributed by atoms with E-state index in [9.17, 15) is 0 Å². The summed E-state index contributed by atoms with van der Waals surface area (Å²) in [5.74, 6) is 0.